The van der Waals surface area contributed by atoms with Crippen LogP contribution in [0.4, 0.5) is 4.39 Å². The molecule has 1 heteroatoms. The summed E-state index contributed by atoms with van der Waals surface area (Å²) in [5.74, 6) is 0.586. The Hall–Kier alpha value is -0.850. The van der Waals surface area contributed by atoms with Gasteiger partial charge in [-0.25, -0.2) is 4.39 Å². The van der Waals surface area contributed by atoms with Crippen molar-refractivity contribution in [1.29, 1.82) is 0 Å². The first-order chi connectivity index (χ1) is 6.11. The summed E-state index contributed by atoms with van der Waals surface area (Å²) in [5, 5.41) is 0. The second-order valence-electron chi connectivity index (χ2n) is 4.14. The van der Waals surface area contributed by atoms with E-state index in [1.54, 1.807) is 0 Å². The summed E-state index contributed by atoms with van der Waals surface area (Å²) in [5.41, 5.74) is 4.12. The molecule has 0 radical (unpaired) electrons. The molecule has 0 fully saturated rings. The third-order valence-corrected chi connectivity index (χ3v) is 3.26. The smallest absolute Gasteiger partial charge is 0.129 e. The molecule has 13 heavy (non-hydrogen) atoms. The zero-order valence-electron chi connectivity index (χ0n) is 8.45. The first-order valence-corrected chi connectivity index (χ1v) is 4.89. The topological polar surface area (TPSA) is 0 Å². The van der Waals surface area contributed by atoms with Gasteiger partial charge in [-0.15, -0.1) is 0 Å². The van der Waals surface area contributed by atoms with Crippen molar-refractivity contribution in [3.63, 3.8) is 0 Å². The molecule has 1 aliphatic carbocycles. The van der Waals surface area contributed by atoms with Gasteiger partial charge < -0.3 is 0 Å². The maximum absolute atomic E-state index is 13.7. The third-order valence-electron chi connectivity index (χ3n) is 3.26. The van der Waals surface area contributed by atoms with E-state index in [4.69, 9.17) is 0 Å². The number of hydrogen-bond acceptors (Lipinski definition) is 0. The summed E-state index contributed by atoms with van der Waals surface area (Å²) >= 11 is 0. The lowest BCUT2D eigenvalue weighted by atomic mass is 9.97. The minimum atomic E-state index is 0.0411. The molecule has 0 aliphatic heterocycles. The van der Waals surface area contributed by atoms with Gasteiger partial charge in [0, 0.05) is 0 Å². The third kappa shape index (κ3) is 1.18. The number of aryl methyl sites for hydroxylation is 1. The summed E-state index contributed by atoms with van der Waals surface area (Å²) in [7, 11) is 0. The molecule has 2 rings (SSSR count). The molecular formula is C12H15F. The van der Waals surface area contributed by atoms with Crippen molar-refractivity contribution in [3.8, 4) is 0 Å². The number of fused-ring (bicyclic) bond motifs is 1. The second kappa shape index (κ2) is 2.83. The van der Waals surface area contributed by atoms with E-state index in [0.29, 0.717) is 5.92 Å². The van der Waals surface area contributed by atoms with Crippen LogP contribution in [-0.4, -0.2) is 0 Å². The summed E-state index contributed by atoms with van der Waals surface area (Å²) < 4.78 is 13.7. The minimum Gasteiger partial charge on any atom is -0.206 e. The number of rotatable bonds is 0. The maximum Gasteiger partial charge on any atom is 0.129 e. The van der Waals surface area contributed by atoms with Gasteiger partial charge in [0.25, 0.3) is 0 Å². The van der Waals surface area contributed by atoms with Crippen LogP contribution in [0.2, 0.25) is 0 Å². The molecule has 0 saturated heterocycles. The van der Waals surface area contributed by atoms with Gasteiger partial charge in [-0.2, -0.15) is 0 Å². The number of hydrogen-bond donors (Lipinski definition) is 0. The van der Waals surface area contributed by atoms with Gasteiger partial charge in [0.1, 0.15) is 5.82 Å². The maximum atomic E-state index is 13.7. The monoisotopic (exact) mass is 178 g/mol. The van der Waals surface area contributed by atoms with Crippen LogP contribution in [0.1, 0.15) is 41.5 Å². The van der Waals surface area contributed by atoms with Crippen LogP contribution in [0.5, 0.6) is 0 Å². The molecule has 1 unspecified atom stereocenters. The Morgan fingerprint density at radius 2 is 2.08 bits per heavy atom. The van der Waals surface area contributed by atoms with E-state index in [1.807, 2.05) is 13.8 Å². The van der Waals surface area contributed by atoms with Crippen LogP contribution < -0.4 is 0 Å². The van der Waals surface area contributed by atoms with Gasteiger partial charge in [-0.05, 0) is 54.9 Å². The fraction of sp³-hybridized carbons (Fsp3) is 0.500. The lowest BCUT2D eigenvalue weighted by molar-refractivity contribution is 0.602. The first-order valence-electron chi connectivity index (χ1n) is 4.89. The van der Waals surface area contributed by atoms with Crippen LogP contribution >= 0.6 is 0 Å². The first kappa shape index (κ1) is 8.74. The Labute approximate surface area is 78.8 Å². The lowest BCUT2D eigenvalue weighted by Crippen LogP contribution is -1.96. The van der Waals surface area contributed by atoms with Gasteiger partial charge in [0.2, 0.25) is 0 Å². The summed E-state index contributed by atoms with van der Waals surface area (Å²) in [6.45, 7) is 6.04. The highest BCUT2D eigenvalue weighted by atomic mass is 19.1. The average molecular weight is 178 g/mol. The van der Waals surface area contributed by atoms with E-state index in [9.17, 15) is 4.39 Å². The fourth-order valence-electron chi connectivity index (χ4n) is 2.16. The zero-order chi connectivity index (χ0) is 9.59. The largest absolute Gasteiger partial charge is 0.206 e. The highest BCUT2D eigenvalue weighted by Gasteiger charge is 2.23. The van der Waals surface area contributed by atoms with Gasteiger partial charge in [-0.3, -0.25) is 0 Å². The highest BCUT2D eigenvalue weighted by Crippen LogP contribution is 2.36. The summed E-state index contributed by atoms with van der Waals surface area (Å²) in [6.07, 6.45) is 2.03. The molecule has 1 aromatic rings. The quantitative estimate of drug-likeness (QED) is 0.570. The second-order valence-corrected chi connectivity index (χ2v) is 4.14. The Bertz CT molecular complexity index is 353. The van der Waals surface area contributed by atoms with Gasteiger partial charge in [0.05, 0.1) is 0 Å². The SMILES string of the molecule is Cc1cc2c(c(F)c1C)CCC2C. The molecule has 70 valence electrons. The lowest BCUT2D eigenvalue weighted by Gasteiger charge is -2.10. The summed E-state index contributed by atoms with van der Waals surface area (Å²) in [4.78, 5) is 0. The molecule has 0 bridgehead atoms. The number of benzene rings is 1. The molecule has 0 spiro atoms. The molecule has 0 saturated carbocycles. The van der Waals surface area contributed by atoms with Crippen LogP contribution in [0, 0.1) is 19.7 Å². The highest BCUT2D eigenvalue weighted by molar-refractivity contribution is 5.43. The van der Waals surface area contributed by atoms with Gasteiger partial charge in [0.15, 0.2) is 0 Å². The van der Waals surface area contributed by atoms with Crippen LogP contribution in [0.3, 0.4) is 0 Å². The molecule has 0 heterocycles. The Morgan fingerprint density at radius 3 is 2.77 bits per heavy atom. The zero-order valence-corrected chi connectivity index (χ0v) is 8.45. The Morgan fingerprint density at radius 1 is 1.38 bits per heavy atom. The molecule has 1 aromatic carbocycles. The van der Waals surface area contributed by atoms with Crippen LogP contribution in [0.15, 0.2) is 6.07 Å². The van der Waals surface area contributed by atoms with E-state index in [-0.39, 0.29) is 5.82 Å². The fourth-order valence-corrected chi connectivity index (χ4v) is 2.16. The van der Waals surface area contributed by atoms with Crippen LogP contribution in [-0.2, 0) is 6.42 Å². The molecule has 1 atom stereocenters. The molecular weight excluding hydrogens is 163 g/mol. The van der Waals surface area contributed by atoms with Crippen molar-refractivity contribution in [2.75, 3.05) is 0 Å². The van der Waals surface area contributed by atoms with E-state index in [2.05, 4.69) is 13.0 Å². The van der Waals surface area contributed by atoms with Crippen molar-refractivity contribution < 1.29 is 4.39 Å². The van der Waals surface area contributed by atoms with Crippen molar-refractivity contribution >= 4 is 0 Å². The Kier molecular flexibility index (Phi) is 1.90. The van der Waals surface area contributed by atoms with Crippen molar-refractivity contribution in [2.24, 2.45) is 0 Å². The number of halogens is 1. The van der Waals surface area contributed by atoms with E-state index in [1.165, 1.54) is 5.56 Å². The van der Waals surface area contributed by atoms with E-state index in [0.717, 1.165) is 29.5 Å². The summed E-state index contributed by atoms with van der Waals surface area (Å²) in [6, 6.07) is 2.16. The normalized spacial score (nSPS) is 20.5. The van der Waals surface area contributed by atoms with E-state index >= 15 is 0 Å². The molecule has 1 aliphatic rings. The predicted molar refractivity (Wildman–Crippen MR) is 52.6 cm³/mol. The van der Waals surface area contributed by atoms with Crippen molar-refractivity contribution in [3.05, 3.63) is 34.1 Å². The molecule has 0 aromatic heterocycles. The van der Waals surface area contributed by atoms with E-state index < -0.39 is 0 Å². The van der Waals surface area contributed by atoms with Gasteiger partial charge in [-0.1, -0.05) is 13.0 Å². The molecule has 0 N–H and O–H groups in total. The van der Waals surface area contributed by atoms with Crippen molar-refractivity contribution in [1.82, 2.24) is 0 Å². The van der Waals surface area contributed by atoms with Crippen molar-refractivity contribution in [2.45, 2.75) is 39.5 Å². The predicted octanol–water partition coefficient (Wildman–Crippen LogP) is 3.49. The minimum absolute atomic E-state index is 0.0411. The standard InChI is InChI=1S/C12H15F/c1-7-4-5-10-11(7)6-8(2)9(3)12(10)13/h6-7H,4-5H2,1-3H3. The molecule has 0 amide bonds. The average Bonchev–Trinajstić information content (AvgIpc) is 2.45. The van der Waals surface area contributed by atoms with Crippen LogP contribution in [0.25, 0.3) is 0 Å². The van der Waals surface area contributed by atoms with Gasteiger partial charge >= 0.3 is 0 Å². The Balaban J connectivity index is 2.67. The molecule has 0 nitrogen and oxygen atoms in total.